The number of rotatable bonds is 2. The fourth-order valence-corrected chi connectivity index (χ4v) is 4.09. The van der Waals surface area contributed by atoms with E-state index in [1.807, 2.05) is 11.8 Å². The van der Waals surface area contributed by atoms with E-state index in [4.69, 9.17) is 5.73 Å². The molecule has 0 atom stereocenters. The van der Waals surface area contributed by atoms with E-state index < -0.39 is 0 Å². The van der Waals surface area contributed by atoms with Gasteiger partial charge in [-0.25, -0.2) is 0 Å². The van der Waals surface area contributed by atoms with Crippen molar-refractivity contribution >= 4 is 17.7 Å². The van der Waals surface area contributed by atoms with Crippen LogP contribution in [-0.4, -0.2) is 34.4 Å². The van der Waals surface area contributed by atoms with Crippen LogP contribution in [0.4, 0.5) is 0 Å². The molecule has 3 nitrogen and oxygen atoms in total. The minimum Gasteiger partial charge on any atom is -0.370 e. The van der Waals surface area contributed by atoms with Gasteiger partial charge in [0.05, 0.1) is 12.1 Å². The second kappa shape index (κ2) is 4.84. The van der Waals surface area contributed by atoms with Crippen LogP contribution in [0.25, 0.3) is 0 Å². The molecule has 0 bridgehead atoms. The Morgan fingerprint density at radius 1 is 1.22 bits per heavy atom. The number of hydrogen-bond acceptors (Lipinski definition) is 4. The zero-order valence-corrected chi connectivity index (χ0v) is 11.3. The second-order valence-electron chi connectivity index (χ2n) is 5.08. The topological polar surface area (TPSA) is 41.6 Å². The molecule has 1 saturated heterocycles. The van der Waals surface area contributed by atoms with Gasteiger partial charge in [-0.2, -0.15) is 11.8 Å². The first-order valence-corrected chi connectivity index (χ1v) is 7.65. The van der Waals surface area contributed by atoms with Crippen molar-refractivity contribution in [2.45, 2.75) is 24.9 Å². The number of hydrogen-bond donors (Lipinski definition) is 1. The third kappa shape index (κ3) is 2.09. The van der Waals surface area contributed by atoms with Gasteiger partial charge in [-0.05, 0) is 29.9 Å². The van der Waals surface area contributed by atoms with E-state index in [1.54, 1.807) is 0 Å². The number of guanidine groups is 1. The molecule has 1 spiro atoms. The predicted octanol–water partition coefficient (Wildman–Crippen LogP) is 2.08. The van der Waals surface area contributed by atoms with Crippen LogP contribution in [0.2, 0.25) is 0 Å². The third-order valence-corrected chi connectivity index (χ3v) is 4.98. The molecule has 0 aliphatic carbocycles. The molecular formula is C14H19N3S. The highest BCUT2D eigenvalue weighted by atomic mass is 32.2. The summed E-state index contributed by atoms with van der Waals surface area (Å²) in [7, 11) is 0. The normalized spacial score (nSPS) is 22.2. The Balaban J connectivity index is 1.81. The average Bonchev–Trinajstić information content (AvgIpc) is 2.71. The summed E-state index contributed by atoms with van der Waals surface area (Å²) >= 11 is 2.05. The fraction of sp³-hybridized carbons (Fsp3) is 0.500. The molecule has 2 aliphatic rings. The summed E-state index contributed by atoms with van der Waals surface area (Å²) in [6, 6.07) is 10.6. The van der Waals surface area contributed by atoms with Gasteiger partial charge < -0.3 is 10.6 Å². The molecule has 2 heterocycles. The van der Waals surface area contributed by atoms with Gasteiger partial charge in [0, 0.05) is 6.54 Å². The molecule has 96 valence electrons. The van der Waals surface area contributed by atoms with Crippen molar-refractivity contribution in [2.75, 3.05) is 18.1 Å². The Morgan fingerprint density at radius 2 is 1.94 bits per heavy atom. The maximum absolute atomic E-state index is 6.10. The van der Waals surface area contributed by atoms with Crippen LogP contribution in [-0.2, 0) is 6.54 Å². The van der Waals surface area contributed by atoms with Gasteiger partial charge >= 0.3 is 0 Å². The maximum atomic E-state index is 6.10. The van der Waals surface area contributed by atoms with Crippen LogP contribution in [0.1, 0.15) is 18.4 Å². The molecular weight excluding hydrogens is 242 g/mol. The third-order valence-electron chi connectivity index (χ3n) is 3.99. The van der Waals surface area contributed by atoms with Crippen molar-refractivity contribution in [3.63, 3.8) is 0 Å². The number of benzene rings is 1. The molecule has 0 saturated carbocycles. The predicted molar refractivity (Wildman–Crippen MR) is 77.8 cm³/mol. The highest BCUT2D eigenvalue weighted by molar-refractivity contribution is 7.99. The molecule has 1 aromatic rings. The van der Waals surface area contributed by atoms with Crippen LogP contribution in [0.15, 0.2) is 35.3 Å². The maximum Gasteiger partial charge on any atom is 0.192 e. The van der Waals surface area contributed by atoms with Crippen LogP contribution < -0.4 is 5.73 Å². The Labute approximate surface area is 112 Å². The summed E-state index contributed by atoms with van der Waals surface area (Å²) in [5.74, 6) is 3.19. The number of nitrogens with two attached hydrogens (primary N) is 1. The minimum atomic E-state index is 0.200. The molecule has 18 heavy (non-hydrogen) atoms. The Morgan fingerprint density at radius 3 is 2.67 bits per heavy atom. The van der Waals surface area contributed by atoms with E-state index in [9.17, 15) is 0 Å². The lowest BCUT2D eigenvalue weighted by molar-refractivity contribution is 0.178. The molecule has 0 unspecified atom stereocenters. The first kappa shape index (κ1) is 11.9. The van der Waals surface area contributed by atoms with E-state index in [0.717, 1.165) is 19.0 Å². The Hall–Kier alpha value is -1.16. The SMILES string of the molecule is NC1=NCC2(CCSCC2)N1Cc1ccccc1. The molecule has 0 radical (unpaired) electrons. The molecule has 4 heteroatoms. The highest BCUT2D eigenvalue weighted by Gasteiger charge is 2.42. The van der Waals surface area contributed by atoms with Crippen LogP contribution in [0.3, 0.4) is 0 Å². The van der Waals surface area contributed by atoms with Gasteiger partial charge in [-0.15, -0.1) is 0 Å². The molecule has 3 rings (SSSR count). The first-order chi connectivity index (χ1) is 8.80. The quantitative estimate of drug-likeness (QED) is 0.886. The van der Waals surface area contributed by atoms with Gasteiger partial charge in [0.15, 0.2) is 5.96 Å². The number of thioether (sulfide) groups is 1. The Bertz CT molecular complexity index is 438. The van der Waals surface area contributed by atoms with Crippen LogP contribution in [0.5, 0.6) is 0 Å². The van der Waals surface area contributed by atoms with Crippen LogP contribution >= 0.6 is 11.8 Å². The second-order valence-corrected chi connectivity index (χ2v) is 6.31. The van der Waals surface area contributed by atoms with Crippen LogP contribution in [0, 0.1) is 0 Å². The zero-order valence-electron chi connectivity index (χ0n) is 10.5. The van der Waals surface area contributed by atoms with E-state index in [-0.39, 0.29) is 5.54 Å². The molecule has 0 amide bonds. The van der Waals surface area contributed by atoms with Crippen molar-refractivity contribution in [3.8, 4) is 0 Å². The van der Waals surface area contributed by atoms with Gasteiger partial charge in [0.25, 0.3) is 0 Å². The summed E-state index contributed by atoms with van der Waals surface area (Å²) in [4.78, 5) is 6.84. The average molecular weight is 261 g/mol. The zero-order chi connectivity index (χ0) is 12.4. The van der Waals surface area contributed by atoms with Crippen molar-refractivity contribution in [1.29, 1.82) is 0 Å². The molecule has 1 aromatic carbocycles. The van der Waals surface area contributed by atoms with E-state index >= 15 is 0 Å². The lowest BCUT2D eigenvalue weighted by atomic mass is 9.91. The van der Waals surface area contributed by atoms with Gasteiger partial charge in [0.1, 0.15) is 0 Å². The summed E-state index contributed by atoms with van der Waals surface area (Å²) in [5, 5.41) is 0. The number of nitrogens with zero attached hydrogens (tertiary/aromatic N) is 2. The van der Waals surface area contributed by atoms with Crippen molar-refractivity contribution in [1.82, 2.24) is 4.90 Å². The van der Waals surface area contributed by atoms with Crippen molar-refractivity contribution in [2.24, 2.45) is 10.7 Å². The monoisotopic (exact) mass is 261 g/mol. The van der Waals surface area contributed by atoms with Gasteiger partial charge in [0.2, 0.25) is 0 Å². The summed E-state index contributed by atoms with van der Waals surface area (Å²) in [6.07, 6.45) is 2.41. The smallest absolute Gasteiger partial charge is 0.192 e. The lowest BCUT2D eigenvalue weighted by Gasteiger charge is -2.42. The molecule has 2 N–H and O–H groups in total. The van der Waals surface area contributed by atoms with E-state index in [0.29, 0.717) is 0 Å². The minimum absolute atomic E-state index is 0.200. The number of aliphatic imine (C=N–C) groups is 1. The summed E-state index contributed by atoms with van der Waals surface area (Å²) in [6.45, 7) is 1.77. The Kier molecular flexibility index (Phi) is 3.20. The summed E-state index contributed by atoms with van der Waals surface area (Å²) in [5.41, 5.74) is 7.62. The lowest BCUT2D eigenvalue weighted by Crippen LogP contribution is -2.53. The van der Waals surface area contributed by atoms with Crippen molar-refractivity contribution in [3.05, 3.63) is 35.9 Å². The van der Waals surface area contributed by atoms with Crippen molar-refractivity contribution < 1.29 is 0 Å². The van der Waals surface area contributed by atoms with E-state index in [1.165, 1.54) is 29.9 Å². The van der Waals surface area contributed by atoms with E-state index in [2.05, 4.69) is 40.2 Å². The highest BCUT2D eigenvalue weighted by Crippen LogP contribution is 2.36. The fourth-order valence-electron chi connectivity index (χ4n) is 2.84. The first-order valence-electron chi connectivity index (χ1n) is 6.49. The standard InChI is InChI=1S/C14H19N3S/c15-13-16-11-14(6-8-18-9-7-14)17(13)10-12-4-2-1-3-5-12/h1-5H,6-11H2,(H2,15,16). The largest absolute Gasteiger partial charge is 0.370 e. The summed E-state index contributed by atoms with van der Waals surface area (Å²) < 4.78 is 0. The molecule has 2 aliphatic heterocycles. The van der Waals surface area contributed by atoms with Gasteiger partial charge in [-0.1, -0.05) is 30.3 Å². The molecule has 0 aromatic heterocycles. The van der Waals surface area contributed by atoms with Gasteiger partial charge in [-0.3, -0.25) is 4.99 Å². The molecule has 1 fully saturated rings.